The fourth-order valence-electron chi connectivity index (χ4n) is 4.05. The van der Waals surface area contributed by atoms with E-state index in [1.807, 2.05) is 4.90 Å². The van der Waals surface area contributed by atoms with Crippen LogP contribution in [0.3, 0.4) is 0 Å². The number of pyridine rings is 1. The Morgan fingerprint density at radius 1 is 1.15 bits per heavy atom. The van der Waals surface area contributed by atoms with Gasteiger partial charge in [-0.05, 0) is 50.2 Å². The van der Waals surface area contributed by atoms with Crippen LogP contribution in [0, 0.1) is 0 Å². The molecule has 1 fully saturated rings. The summed E-state index contributed by atoms with van der Waals surface area (Å²) in [5, 5.41) is 2.02. The Bertz CT molecular complexity index is 1090. The Kier molecular flexibility index (Phi) is 6.57. The van der Waals surface area contributed by atoms with Gasteiger partial charge < -0.3 is 10.2 Å². The van der Waals surface area contributed by atoms with Gasteiger partial charge in [0.2, 0.25) is 0 Å². The lowest BCUT2D eigenvalue weighted by Crippen LogP contribution is -2.43. The lowest BCUT2D eigenvalue weighted by Gasteiger charge is -2.32. The molecule has 0 unspecified atom stereocenters. The number of aromatic nitrogens is 1. The van der Waals surface area contributed by atoms with Crippen molar-refractivity contribution in [3.8, 4) is 0 Å². The van der Waals surface area contributed by atoms with Crippen LogP contribution in [-0.4, -0.2) is 79.1 Å². The van der Waals surface area contributed by atoms with Crippen LogP contribution in [0.1, 0.15) is 18.5 Å². The molecule has 12 heteroatoms. The van der Waals surface area contributed by atoms with Crippen molar-refractivity contribution in [2.75, 3.05) is 32.7 Å². The summed E-state index contributed by atoms with van der Waals surface area (Å²) >= 11 is 0. The number of amidine groups is 1. The first-order chi connectivity index (χ1) is 15.6. The highest BCUT2D eigenvalue weighted by molar-refractivity contribution is 7.92. The van der Waals surface area contributed by atoms with E-state index in [2.05, 4.69) is 15.3 Å². The molecular weight excluding hydrogens is 459 g/mol. The zero-order chi connectivity index (χ0) is 23.6. The van der Waals surface area contributed by atoms with E-state index in [1.54, 1.807) is 18.4 Å². The third-order valence-corrected chi connectivity index (χ3v) is 8.06. The first-order valence-electron chi connectivity index (χ1n) is 10.6. The molecule has 0 spiro atoms. The van der Waals surface area contributed by atoms with E-state index in [9.17, 15) is 26.4 Å². The largest absolute Gasteiger partial charge is 0.401 e. The fraction of sp³-hybridized carbons (Fsp3) is 0.476. The highest BCUT2D eigenvalue weighted by Gasteiger charge is 2.36. The van der Waals surface area contributed by atoms with Crippen LogP contribution in [0.15, 0.2) is 52.1 Å². The molecule has 1 saturated heterocycles. The van der Waals surface area contributed by atoms with Crippen molar-refractivity contribution in [1.82, 2.24) is 20.1 Å². The van der Waals surface area contributed by atoms with Crippen molar-refractivity contribution in [3.05, 3.63) is 47.9 Å². The van der Waals surface area contributed by atoms with Gasteiger partial charge in [0, 0.05) is 18.9 Å². The summed E-state index contributed by atoms with van der Waals surface area (Å²) in [5.74, 6) is 0.553. The molecule has 1 N–H and O–H groups in total. The number of sulfone groups is 1. The van der Waals surface area contributed by atoms with E-state index in [-0.39, 0.29) is 43.3 Å². The van der Waals surface area contributed by atoms with Crippen LogP contribution >= 0.6 is 0 Å². The van der Waals surface area contributed by atoms with Gasteiger partial charge in [0.25, 0.3) is 5.91 Å². The van der Waals surface area contributed by atoms with E-state index < -0.39 is 27.8 Å². The average Bonchev–Trinajstić information content (AvgIpc) is 3.25. The Morgan fingerprint density at radius 2 is 1.91 bits per heavy atom. The van der Waals surface area contributed by atoms with Gasteiger partial charge in [-0.1, -0.05) is 0 Å². The maximum Gasteiger partial charge on any atom is 0.401 e. The molecule has 4 rings (SSSR count). The summed E-state index contributed by atoms with van der Waals surface area (Å²) in [6, 6.07) is 2.96. The molecule has 1 aromatic rings. The van der Waals surface area contributed by atoms with Crippen LogP contribution in [0.25, 0.3) is 0 Å². The number of halogens is 3. The molecule has 0 saturated carbocycles. The number of hydrogen-bond acceptors (Lipinski definition) is 7. The number of carbonyl (C=O) groups is 1. The maximum atomic E-state index is 12.9. The van der Waals surface area contributed by atoms with E-state index in [1.165, 1.54) is 23.2 Å². The zero-order valence-corrected chi connectivity index (χ0v) is 18.6. The number of hydrogen-bond donors (Lipinski definition) is 1. The van der Waals surface area contributed by atoms with E-state index >= 15 is 0 Å². The Labute approximate surface area is 189 Å². The van der Waals surface area contributed by atoms with E-state index in [4.69, 9.17) is 0 Å². The summed E-state index contributed by atoms with van der Waals surface area (Å²) in [6.07, 6.45) is 2.45. The van der Waals surface area contributed by atoms with Crippen LogP contribution in [0.2, 0.25) is 0 Å². The predicted octanol–water partition coefficient (Wildman–Crippen LogP) is 1.67. The van der Waals surface area contributed by atoms with Gasteiger partial charge in [0.1, 0.15) is 5.84 Å². The molecule has 0 aliphatic carbocycles. The SMILES string of the molecule is O=C(NCc1ccc(S(=O)(=O)C2CCN(CC(F)(F)F)CC2)cn1)C1=CN2CCN=C2C=C1. The van der Waals surface area contributed by atoms with E-state index in [0.29, 0.717) is 17.8 Å². The first kappa shape index (κ1) is 23.4. The van der Waals surface area contributed by atoms with Gasteiger partial charge in [0.15, 0.2) is 9.84 Å². The molecular formula is C21H24F3N5O3S. The number of rotatable bonds is 6. The number of carbonyl (C=O) groups excluding carboxylic acids is 1. The number of nitrogens with zero attached hydrogens (tertiary/aromatic N) is 4. The van der Waals surface area contributed by atoms with Crippen molar-refractivity contribution in [1.29, 1.82) is 0 Å². The summed E-state index contributed by atoms with van der Waals surface area (Å²) in [4.78, 5) is 24.0. The summed E-state index contributed by atoms with van der Waals surface area (Å²) < 4.78 is 63.4. The minimum Gasteiger partial charge on any atom is -0.346 e. The van der Waals surface area contributed by atoms with Crippen molar-refractivity contribution >= 4 is 21.6 Å². The number of aliphatic imine (C=N–C) groups is 1. The lowest BCUT2D eigenvalue weighted by molar-refractivity contribution is -0.147. The van der Waals surface area contributed by atoms with Crippen LogP contribution in [0.4, 0.5) is 13.2 Å². The number of likely N-dealkylation sites (tertiary alicyclic amines) is 1. The maximum absolute atomic E-state index is 12.9. The van der Waals surface area contributed by atoms with Crippen molar-refractivity contribution in [3.63, 3.8) is 0 Å². The minimum atomic E-state index is -4.30. The molecule has 1 amide bonds. The minimum absolute atomic E-state index is 0.0330. The molecule has 1 aromatic heterocycles. The Morgan fingerprint density at radius 3 is 2.58 bits per heavy atom. The molecule has 178 valence electrons. The number of fused-ring (bicyclic) bond motifs is 1. The molecule has 0 radical (unpaired) electrons. The molecule has 8 nitrogen and oxygen atoms in total. The van der Waals surface area contributed by atoms with Crippen LogP contribution < -0.4 is 5.32 Å². The summed E-state index contributed by atoms with van der Waals surface area (Å²) in [5.41, 5.74) is 0.984. The van der Waals surface area contributed by atoms with Crippen LogP contribution in [0.5, 0.6) is 0 Å². The van der Waals surface area contributed by atoms with Gasteiger partial charge in [0.05, 0.1) is 41.0 Å². The predicted molar refractivity (Wildman–Crippen MR) is 115 cm³/mol. The Hall–Kier alpha value is -2.73. The molecule has 3 aliphatic rings. The zero-order valence-electron chi connectivity index (χ0n) is 17.8. The molecule has 33 heavy (non-hydrogen) atoms. The number of alkyl halides is 3. The number of piperidine rings is 1. The smallest absolute Gasteiger partial charge is 0.346 e. The molecule has 4 heterocycles. The second-order valence-electron chi connectivity index (χ2n) is 8.15. The van der Waals surface area contributed by atoms with Gasteiger partial charge in [-0.2, -0.15) is 13.2 Å². The first-order valence-corrected chi connectivity index (χ1v) is 12.1. The highest BCUT2D eigenvalue weighted by Crippen LogP contribution is 2.26. The molecule has 0 atom stereocenters. The van der Waals surface area contributed by atoms with Gasteiger partial charge >= 0.3 is 6.18 Å². The Balaban J connectivity index is 1.31. The normalized spacial score (nSPS) is 19.8. The lowest BCUT2D eigenvalue weighted by atomic mass is 10.1. The van der Waals surface area contributed by atoms with Gasteiger partial charge in [-0.3, -0.25) is 19.7 Å². The number of amides is 1. The fourth-order valence-corrected chi connectivity index (χ4v) is 5.72. The monoisotopic (exact) mass is 483 g/mol. The quantitative estimate of drug-likeness (QED) is 0.662. The molecule has 0 bridgehead atoms. The van der Waals surface area contributed by atoms with Crippen molar-refractivity contribution < 1.29 is 26.4 Å². The van der Waals surface area contributed by atoms with E-state index in [0.717, 1.165) is 12.4 Å². The summed E-state index contributed by atoms with van der Waals surface area (Å²) in [6.45, 7) is 0.681. The van der Waals surface area contributed by atoms with Crippen LogP contribution in [-0.2, 0) is 21.2 Å². The second kappa shape index (κ2) is 9.26. The third-order valence-electron chi connectivity index (χ3n) is 5.81. The highest BCUT2D eigenvalue weighted by atomic mass is 32.2. The number of nitrogens with one attached hydrogen (secondary N) is 1. The van der Waals surface area contributed by atoms with Crippen molar-refractivity contribution in [2.45, 2.75) is 35.7 Å². The molecule has 0 aromatic carbocycles. The second-order valence-corrected chi connectivity index (χ2v) is 10.4. The van der Waals surface area contributed by atoms with Crippen molar-refractivity contribution in [2.24, 2.45) is 4.99 Å². The van der Waals surface area contributed by atoms with Gasteiger partial charge in [-0.25, -0.2) is 8.42 Å². The third kappa shape index (κ3) is 5.61. The summed E-state index contributed by atoms with van der Waals surface area (Å²) in [7, 11) is -3.70. The molecule has 3 aliphatic heterocycles. The average molecular weight is 484 g/mol. The van der Waals surface area contributed by atoms with Gasteiger partial charge in [-0.15, -0.1) is 0 Å². The topological polar surface area (TPSA) is 95.0 Å². The standard InChI is InChI=1S/C21H24F3N5O3S/c22-21(23,24)14-28-8-5-17(6-9-28)33(31,32)18-3-2-16(26-12-18)11-27-20(30)15-1-4-19-25-7-10-29(19)13-15/h1-4,12-13,17H,5-11,14H2,(H,27,30).